The molecule has 0 unspecified atom stereocenters. The average molecular weight is 331 g/mol. The van der Waals surface area contributed by atoms with Gasteiger partial charge in [0.25, 0.3) is 5.56 Å². The van der Waals surface area contributed by atoms with Gasteiger partial charge in [0.1, 0.15) is 0 Å². The highest BCUT2D eigenvalue weighted by atomic mass is 16.2. The molecule has 2 aromatic rings. The van der Waals surface area contributed by atoms with Crippen LogP contribution in [-0.4, -0.2) is 44.9 Å². The molecule has 0 aliphatic carbocycles. The largest absolute Gasteiger partial charge is 0.340 e. The average Bonchev–Trinajstić information content (AvgIpc) is 2.99. The fourth-order valence-corrected chi connectivity index (χ4v) is 3.07. The van der Waals surface area contributed by atoms with Crippen molar-refractivity contribution in [2.75, 3.05) is 31.1 Å². The summed E-state index contributed by atoms with van der Waals surface area (Å²) in [4.78, 5) is 31.5. The first-order valence-electron chi connectivity index (χ1n) is 8.05. The van der Waals surface area contributed by atoms with E-state index in [0.29, 0.717) is 36.5 Å². The topological polar surface area (TPSA) is 101 Å². The van der Waals surface area contributed by atoms with Crippen molar-refractivity contribution in [3.63, 3.8) is 0 Å². The Bertz CT molecular complexity index is 909. The molecule has 1 N–H and O–H groups in total. The van der Waals surface area contributed by atoms with E-state index in [4.69, 9.17) is 5.26 Å². The van der Waals surface area contributed by atoms with Crippen molar-refractivity contribution < 1.29 is 0 Å². The van der Waals surface area contributed by atoms with Gasteiger partial charge in [-0.15, -0.1) is 0 Å². The van der Waals surface area contributed by atoms with Crippen molar-refractivity contribution in [3.05, 3.63) is 20.8 Å². The van der Waals surface area contributed by atoms with Crippen LogP contribution >= 0.6 is 0 Å². The molecular formula is C15H21N7O2. The number of nitrogens with one attached hydrogen (secondary N) is 1. The lowest BCUT2D eigenvalue weighted by molar-refractivity contribution is 0.561. The van der Waals surface area contributed by atoms with Gasteiger partial charge < -0.3 is 14.8 Å². The summed E-state index contributed by atoms with van der Waals surface area (Å²) in [6.07, 6.45) is 1.04. The summed E-state index contributed by atoms with van der Waals surface area (Å²) >= 11 is 0. The van der Waals surface area contributed by atoms with Crippen LogP contribution in [0.2, 0.25) is 0 Å². The molecular weight excluding hydrogens is 310 g/mol. The number of nitrogens with zero attached hydrogens (tertiary/aromatic N) is 6. The molecule has 128 valence electrons. The third-order valence-corrected chi connectivity index (χ3v) is 4.40. The zero-order chi connectivity index (χ0) is 17.3. The second-order valence-corrected chi connectivity index (χ2v) is 5.94. The molecule has 1 aliphatic rings. The summed E-state index contributed by atoms with van der Waals surface area (Å²) < 4.78 is 4.37. The molecule has 9 nitrogen and oxygen atoms in total. The second-order valence-electron chi connectivity index (χ2n) is 5.94. The number of hydrogen-bond acceptors (Lipinski definition) is 6. The highest BCUT2D eigenvalue weighted by molar-refractivity contribution is 5.74. The minimum atomic E-state index is -0.388. The molecule has 0 spiro atoms. The molecule has 1 fully saturated rings. The van der Waals surface area contributed by atoms with Crippen molar-refractivity contribution in [1.29, 1.82) is 5.26 Å². The Morgan fingerprint density at radius 2 is 1.92 bits per heavy atom. The van der Waals surface area contributed by atoms with Crippen LogP contribution in [0.15, 0.2) is 9.59 Å². The van der Waals surface area contributed by atoms with Crippen LogP contribution in [0.5, 0.6) is 0 Å². The van der Waals surface area contributed by atoms with Gasteiger partial charge in [-0.1, -0.05) is 0 Å². The van der Waals surface area contributed by atoms with Gasteiger partial charge >= 0.3 is 5.69 Å². The summed E-state index contributed by atoms with van der Waals surface area (Å²) in [6, 6.07) is 2.13. The molecule has 1 aliphatic heterocycles. The quantitative estimate of drug-likeness (QED) is 0.732. The summed E-state index contributed by atoms with van der Waals surface area (Å²) in [5.41, 5.74) is 0.0830. The predicted molar refractivity (Wildman–Crippen MR) is 90.1 cm³/mol. The SMILES string of the molecule is Cn1c(=O)c2c(nc(N3CCNCC3)n2CCCC#N)n(C)c1=O. The van der Waals surface area contributed by atoms with Crippen LogP contribution in [0.25, 0.3) is 11.2 Å². The third kappa shape index (κ3) is 2.59. The molecule has 0 bridgehead atoms. The molecule has 9 heteroatoms. The van der Waals surface area contributed by atoms with Crippen LogP contribution in [0.1, 0.15) is 12.8 Å². The van der Waals surface area contributed by atoms with Crippen LogP contribution in [0.3, 0.4) is 0 Å². The zero-order valence-electron chi connectivity index (χ0n) is 13.9. The summed E-state index contributed by atoms with van der Waals surface area (Å²) in [7, 11) is 3.10. The molecule has 0 atom stereocenters. The number of piperazine rings is 1. The number of fused-ring (bicyclic) bond motifs is 1. The minimum absolute atomic E-state index is 0.348. The Morgan fingerprint density at radius 1 is 1.21 bits per heavy atom. The van der Waals surface area contributed by atoms with E-state index >= 15 is 0 Å². The molecule has 0 saturated carbocycles. The highest BCUT2D eigenvalue weighted by Crippen LogP contribution is 2.20. The van der Waals surface area contributed by atoms with Crippen molar-refractivity contribution in [2.45, 2.75) is 19.4 Å². The minimum Gasteiger partial charge on any atom is -0.340 e. The molecule has 1 saturated heterocycles. The predicted octanol–water partition coefficient (Wildman–Crippen LogP) is -0.853. The first-order valence-corrected chi connectivity index (χ1v) is 8.05. The Morgan fingerprint density at radius 3 is 2.58 bits per heavy atom. The van der Waals surface area contributed by atoms with E-state index in [2.05, 4.69) is 21.3 Å². The highest BCUT2D eigenvalue weighted by Gasteiger charge is 2.23. The smallest absolute Gasteiger partial charge is 0.332 e. The lowest BCUT2D eigenvalue weighted by Crippen LogP contribution is -2.44. The number of imidazole rings is 1. The van der Waals surface area contributed by atoms with Gasteiger partial charge in [0.05, 0.1) is 6.07 Å². The number of hydrogen-bond donors (Lipinski definition) is 1. The fraction of sp³-hybridized carbons (Fsp3) is 0.600. The lowest BCUT2D eigenvalue weighted by atomic mass is 10.3. The Balaban J connectivity index is 2.22. The van der Waals surface area contributed by atoms with Crippen LogP contribution in [0.4, 0.5) is 5.95 Å². The maximum atomic E-state index is 12.6. The standard InChI is InChI=1S/C15H21N7O2/c1-19-12-11(13(23)20(2)15(19)24)22(8-4-3-5-16)14(18-12)21-9-6-17-7-10-21/h17H,3-4,6-10H2,1-2H3. The third-order valence-electron chi connectivity index (χ3n) is 4.40. The Kier molecular flexibility index (Phi) is 4.40. The van der Waals surface area contributed by atoms with Crippen LogP contribution in [-0.2, 0) is 20.6 Å². The maximum absolute atomic E-state index is 12.6. The number of anilines is 1. The van der Waals surface area contributed by atoms with Crippen molar-refractivity contribution in [3.8, 4) is 6.07 Å². The van der Waals surface area contributed by atoms with Gasteiger partial charge in [0.2, 0.25) is 5.95 Å². The fourth-order valence-electron chi connectivity index (χ4n) is 3.07. The lowest BCUT2D eigenvalue weighted by Gasteiger charge is -2.28. The van der Waals surface area contributed by atoms with E-state index in [9.17, 15) is 9.59 Å². The monoisotopic (exact) mass is 331 g/mol. The van der Waals surface area contributed by atoms with E-state index in [1.807, 2.05) is 4.57 Å². The van der Waals surface area contributed by atoms with Crippen molar-refractivity contribution in [2.24, 2.45) is 14.1 Å². The van der Waals surface area contributed by atoms with E-state index in [-0.39, 0.29) is 11.2 Å². The molecule has 24 heavy (non-hydrogen) atoms. The van der Waals surface area contributed by atoms with Gasteiger partial charge in [-0.05, 0) is 6.42 Å². The molecule has 3 rings (SSSR count). The van der Waals surface area contributed by atoms with Gasteiger partial charge in [0.15, 0.2) is 11.2 Å². The number of nitriles is 1. The summed E-state index contributed by atoms with van der Waals surface area (Å²) in [5, 5.41) is 12.1. The van der Waals surface area contributed by atoms with Gasteiger partial charge in [-0.3, -0.25) is 13.9 Å². The first kappa shape index (κ1) is 16.3. The number of rotatable bonds is 4. The molecule has 0 aromatic carbocycles. The first-order chi connectivity index (χ1) is 11.6. The zero-order valence-corrected chi connectivity index (χ0v) is 13.9. The summed E-state index contributed by atoms with van der Waals surface area (Å²) in [6.45, 7) is 3.79. The molecule has 3 heterocycles. The number of aromatic nitrogens is 4. The number of unbranched alkanes of at least 4 members (excludes halogenated alkanes) is 1. The Hall–Kier alpha value is -2.60. The maximum Gasteiger partial charge on any atom is 0.332 e. The van der Waals surface area contributed by atoms with E-state index in [0.717, 1.165) is 30.7 Å². The molecule has 2 aromatic heterocycles. The van der Waals surface area contributed by atoms with Crippen molar-refractivity contribution >= 4 is 17.1 Å². The van der Waals surface area contributed by atoms with Gasteiger partial charge in [0, 0.05) is 53.2 Å². The molecule has 0 amide bonds. The molecule has 0 radical (unpaired) electrons. The van der Waals surface area contributed by atoms with Crippen LogP contribution < -0.4 is 21.5 Å². The van der Waals surface area contributed by atoms with E-state index in [1.54, 1.807) is 7.05 Å². The van der Waals surface area contributed by atoms with Crippen LogP contribution in [0, 0.1) is 11.3 Å². The number of aryl methyl sites for hydroxylation is 2. The van der Waals surface area contributed by atoms with E-state index in [1.165, 1.54) is 11.6 Å². The normalized spacial score (nSPS) is 15.0. The van der Waals surface area contributed by atoms with Crippen molar-refractivity contribution in [1.82, 2.24) is 24.0 Å². The Labute approximate surface area is 138 Å². The summed E-state index contributed by atoms with van der Waals surface area (Å²) in [5.74, 6) is 0.697. The van der Waals surface area contributed by atoms with Gasteiger partial charge in [-0.25, -0.2) is 4.79 Å². The second kappa shape index (κ2) is 6.49. The van der Waals surface area contributed by atoms with E-state index < -0.39 is 0 Å². The van der Waals surface area contributed by atoms with Gasteiger partial charge in [-0.2, -0.15) is 10.2 Å².